The van der Waals surface area contributed by atoms with Crippen LogP contribution in [0.5, 0.6) is 5.75 Å². The molecule has 1 amide bonds. The zero-order valence-corrected chi connectivity index (χ0v) is 23.7. The van der Waals surface area contributed by atoms with Gasteiger partial charge < -0.3 is 10.1 Å². The fourth-order valence-electron chi connectivity index (χ4n) is 5.47. The molecule has 6 nitrogen and oxygen atoms in total. The number of anilines is 2. The van der Waals surface area contributed by atoms with Crippen molar-refractivity contribution in [3.8, 4) is 5.75 Å². The van der Waals surface area contributed by atoms with E-state index in [1.165, 1.54) is 11.8 Å². The number of ketones is 1. The Balaban J connectivity index is 1.45. The van der Waals surface area contributed by atoms with Crippen LogP contribution >= 0.6 is 23.1 Å². The first-order chi connectivity index (χ1) is 18.8. The Morgan fingerprint density at radius 1 is 1.08 bits per heavy atom. The molecule has 0 saturated heterocycles. The van der Waals surface area contributed by atoms with Crippen molar-refractivity contribution in [2.75, 3.05) is 23.1 Å². The fraction of sp³-hybridized carbons (Fsp3) is 0.258. The van der Waals surface area contributed by atoms with Gasteiger partial charge in [0.1, 0.15) is 5.75 Å². The van der Waals surface area contributed by atoms with E-state index in [0.29, 0.717) is 12.0 Å². The van der Waals surface area contributed by atoms with Gasteiger partial charge in [0, 0.05) is 17.7 Å². The smallest absolute Gasteiger partial charge is 0.238 e. The molecular formula is C31H29N3O3S2. The van der Waals surface area contributed by atoms with Crippen LogP contribution in [0.4, 0.5) is 11.4 Å². The molecule has 0 radical (unpaired) electrons. The number of nitrogens with one attached hydrogen (secondary N) is 1. The lowest BCUT2D eigenvalue weighted by Gasteiger charge is -2.37. The predicted molar refractivity (Wildman–Crippen MR) is 159 cm³/mol. The van der Waals surface area contributed by atoms with Crippen LogP contribution in [0.15, 0.2) is 88.4 Å². The van der Waals surface area contributed by atoms with Gasteiger partial charge in [0.25, 0.3) is 0 Å². The minimum absolute atomic E-state index is 0.0685. The molecule has 39 heavy (non-hydrogen) atoms. The standard InChI is InChI=1S/C31H29N3O3S2/c1-31(2)16-23-28(25(35)17-31)29(19-12-14-20(37-3)15-13-19)34(24-10-6-4-8-21(24)32-23)27(36)18-38-30-33-22-9-5-7-11-26(22)39-30/h4-15,29,32H,16-18H2,1-3H3/t29-/m1/s1. The summed E-state index contributed by atoms with van der Waals surface area (Å²) in [6, 6.07) is 22.9. The Morgan fingerprint density at radius 2 is 1.82 bits per heavy atom. The van der Waals surface area contributed by atoms with Crippen molar-refractivity contribution in [1.29, 1.82) is 0 Å². The lowest BCUT2D eigenvalue weighted by molar-refractivity contribution is -0.118. The number of allylic oxidation sites excluding steroid dienone is 1. The Hall–Kier alpha value is -3.62. The maximum atomic E-state index is 14.2. The summed E-state index contributed by atoms with van der Waals surface area (Å²) in [7, 11) is 1.63. The highest BCUT2D eigenvalue weighted by molar-refractivity contribution is 8.01. The minimum atomic E-state index is -0.561. The summed E-state index contributed by atoms with van der Waals surface area (Å²) in [5.74, 6) is 0.906. The number of ether oxygens (including phenoxy) is 1. The average molecular weight is 556 g/mol. The van der Waals surface area contributed by atoms with Crippen molar-refractivity contribution < 1.29 is 14.3 Å². The molecule has 2 aliphatic rings. The summed E-state index contributed by atoms with van der Waals surface area (Å²) in [4.78, 5) is 34.6. The predicted octanol–water partition coefficient (Wildman–Crippen LogP) is 7.24. The van der Waals surface area contributed by atoms with Crippen molar-refractivity contribution in [2.45, 2.75) is 37.1 Å². The topological polar surface area (TPSA) is 71.5 Å². The quantitative estimate of drug-likeness (QED) is 0.262. The van der Waals surface area contributed by atoms with Crippen molar-refractivity contribution in [1.82, 2.24) is 4.98 Å². The van der Waals surface area contributed by atoms with E-state index in [4.69, 9.17) is 9.72 Å². The van der Waals surface area contributed by atoms with Gasteiger partial charge in [-0.1, -0.05) is 62.0 Å². The third-order valence-electron chi connectivity index (χ3n) is 7.19. The summed E-state index contributed by atoms with van der Waals surface area (Å²) in [6.45, 7) is 4.24. The highest BCUT2D eigenvalue weighted by Crippen LogP contribution is 2.48. The van der Waals surface area contributed by atoms with E-state index in [1.807, 2.05) is 77.7 Å². The third-order valence-corrected chi connectivity index (χ3v) is 9.36. The maximum absolute atomic E-state index is 14.2. The number of methoxy groups -OCH3 is 1. The largest absolute Gasteiger partial charge is 0.497 e. The van der Waals surface area contributed by atoms with Crippen molar-refractivity contribution in [2.24, 2.45) is 5.41 Å². The Labute approximate surface area is 236 Å². The number of para-hydroxylation sites is 3. The molecule has 0 fully saturated rings. The number of amides is 1. The van der Waals surface area contributed by atoms with Crippen LogP contribution < -0.4 is 15.0 Å². The Kier molecular flexibility index (Phi) is 6.69. The van der Waals surface area contributed by atoms with E-state index < -0.39 is 6.04 Å². The number of fused-ring (bicyclic) bond motifs is 2. The van der Waals surface area contributed by atoms with E-state index in [2.05, 4.69) is 19.2 Å². The number of aromatic nitrogens is 1. The second-order valence-corrected chi connectivity index (χ2v) is 12.9. The van der Waals surface area contributed by atoms with Gasteiger partial charge in [-0.15, -0.1) is 11.3 Å². The van der Waals surface area contributed by atoms with Crippen molar-refractivity contribution in [3.05, 3.63) is 89.6 Å². The molecule has 8 heteroatoms. The first kappa shape index (κ1) is 25.6. The molecule has 1 aliphatic heterocycles. The van der Waals surface area contributed by atoms with Crippen LogP contribution in [0.2, 0.25) is 0 Å². The van der Waals surface area contributed by atoms with Gasteiger partial charge in [-0.05, 0) is 53.8 Å². The second-order valence-electron chi connectivity index (χ2n) is 10.7. The second kappa shape index (κ2) is 10.2. The minimum Gasteiger partial charge on any atom is -0.497 e. The number of benzene rings is 3. The van der Waals surface area contributed by atoms with E-state index >= 15 is 0 Å². The highest BCUT2D eigenvalue weighted by Gasteiger charge is 2.43. The molecule has 0 saturated carbocycles. The van der Waals surface area contributed by atoms with Crippen LogP contribution in [0.3, 0.4) is 0 Å². The van der Waals surface area contributed by atoms with Gasteiger partial charge in [-0.25, -0.2) is 4.98 Å². The summed E-state index contributed by atoms with van der Waals surface area (Å²) in [5, 5.41) is 3.57. The summed E-state index contributed by atoms with van der Waals surface area (Å²) in [6.07, 6.45) is 1.15. The number of thioether (sulfide) groups is 1. The molecule has 1 N–H and O–H groups in total. The highest BCUT2D eigenvalue weighted by atomic mass is 32.2. The van der Waals surface area contributed by atoms with Crippen LogP contribution in [0, 0.1) is 5.41 Å². The monoisotopic (exact) mass is 555 g/mol. The van der Waals surface area contributed by atoms with Gasteiger partial charge in [-0.3, -0.25) is 14.5 Å². The molecule has 2 heterocycles. The van der Waals surface area contributed by atoms with Gasteiger partial charge in [0.05, 0.1) is 40.5 Å². The van der Waals surface area contributed by atoms with Gasteiger partial charge >= 0.3 is 0 Å². The molecular weight excluding hydrogens is 526 g/mol. The summed E-state index contributed by atoms with van der Waals surface area (Å²) in [5.41, 5.74) is 4.76. The summed E-state index contributed by atoms with van der Waals surface area (Å²) >= 11 is 3.02. The number of rotatable bonds is 5. The number of Topliss-reactive ketones (excluding diaryl/α,β-unsaturated/α-hetero) is 1. The molecule has 6 rings (SSSR count). The van der Waals surface area contributed by atoms with Crippen molar-refractivity contribution in [3.63, 3.8) is 0 Å². The van der Waals surface area contributed by atoms with Crippen LogP contribution in [0.25, 0.3) is 10.2 Å². The zero-order chi connectivity index (χ0) is 27.1. The average Bonchev–Trinajstić information content (AvgIpc) is 3.28. The van der Waals surface area contributed by atoms with Gasteiger partial charge in [0.2, 0.25) is 5.91 Å². The normalized spacial score (nSPS) is 18.3. The van der Waals surface area contributed by atoms with Gasteiger partial charge in [0.15, 0.2) is 10.1 Å². The number of hydrogen-bond donors (Lipinski definition) is 1. The molecule has 4 aromatic rings. The van der Waals surface area contributed by atoms with Gasteiger partial charge in [-0.2, -0.15) is 0 Å². The molecule has 0 bridgehead atoms. The molecule has 1 aromatic heterocycles. The van der Waals surface area contributed by atoms with E-state index in [0.717, 1.165) is 49.4 Å². The van der Waals surface area contributed by atoms with Crippen LogP contribution in [0.1, 0.15) is 38.3 Å². The number of carbonyl (C=O) groups is 2. The SMILES string of the molecule is COc1ccc([C@@H]2C3=C(CC(C)(C)CC3=O)Nc3ccccc3N2C(=O)CSc2nc3ccccc3s2)cc1. The third kappa shape index (κ3) is 4.94. The molecule has 1 atom stereocenters. The van der Waals surface area contributed by atoms with Crippen molar-refractivity contribution >= 4 is 56.4 Å². The van der Waals surface area contributed by atoms with E-state index in [9.17, 15) is 9.59 Å². The first-order valence-corrected chi connectivity index (χ1v) is 14.7. The number of carbonyl (C=O) groups excluding carboxylic acids is 2. The number of thiazole rings is 1. The summed E-state index contributed by atoms with van der Waals surface area (Å²) < 4.78 is 7.34. The molecule has 0 spiro atoms. The fourth-order valence-corrected chi connectivity index (χ4v) is 7.40. The number of hydrogen-bond acceptors (Lipinski definition) is 7. The zero-order valence-electron chi connectivity index (χ0n) is 22.1. The Bertz CT molecular complexity index is 1570. The molecule has 3 aromatic carbocycles. The Morgan fingerprint density at radius 3 is 2.59 bits per heavy atom. The number of nitrogens with zero attached hydrogens (tertiary/aromatic N) is 2. The molecule has 0 unspecified atom stereocenters. The van der Waals surface area contributed by atoms with Crippen LogP contribution in [-0.4, -0.2) is 29.5 Å². The lowest BCUT2D eigenvalue weighted by Crippen LogP contribution is -2.40. The van der Waals surface area contributed by atoms with E-state index in [-0.39, 0.29) is 22.9 Å². The van der Waals surface area contributed by atoms with E-state index in [1.54, 1.807) is 18.4 Å². The first-order valence-electron chi connectivity index (χ1n) is 12.9. The molecule has 198 valence electrons. The maximum Gasteiger partial charge on any atom is 0.238 e. The molecule has 1 aliphatic carbocycles. The van der Waals surface area contributed by atoms with Crippen LogP contribution in [-0.2, 0) is 9.59 Å². The lowest BCUT2D eigenvalue weighted by atomic mass is 9.73.